The summed E-state index contributed by atoms with van der Waals surface area (Å²) in [5.41, 5.74) is -3.96. The molecule has 1 aromatic carbocycles. The monoisotopic (exact) mass is 446 g/mol. The van der Waals surface area contributed by atoms with E-state index in [9.17, 15) is 39.6 Å². The minimum Gasteiger partial charge on any atom is -0.325 e. The Morgan fingerprint density at radius 3 is 2.04 bits per heavy atom. The second-order valence-electron chi connectivity index (χ2n) is 5.54. The lowest BCUT2D eigenvalue weighted by Gasteiger charge is -2.17. The van der Waals surface area contributed by atoms with E-state index >= 15 is 0 Å². The van der Waals surface area contributed by atoms with Gasteiger partial charge in [0.15, 0.2) is 0 Å². The normalized spacial score (nSPS) is 13.0. The molecule has 1 amide bonds. The first-order valence-corrected chi connectivity index (χ1v) is 9.62. The number of rotatable bonds is 5. The van der Waals surface area contributed by atoms with E-state index in [2.05, 4.69) is 0 Å². The zero-order valence-electron chi connectivity index (χ0n) is 13.9. The van der Waals surface area contributed by atoms with Crippen molar-refractivity contribution >= 4 is 33.0 Å². The van der Waals surface area contributed by atoms with E-state index in [-0.39, 0.29) is 10.3 Å². The summed E-state index contributed by atoms with van der Waals surface area (Å²) in [5, 5.41) is 3.36. The first-order chi connectivity index (χ1) is 12.7. The van der Waals surface area contributed by atoms with E-state index in [4.69, 9.17) is 0 Å². The summed E-state index contributed by atoms with van der Waals surface area (Å²) < 4.78 is 102. The van der Waals surface area contributed by atoms with E-state index in [1.54, 1.807) is 0 Å². The van der Waals surface area contributed by atoms with Crippen molar-refractivity contribution in [2.75, 3.05) is 18.9 Å². The van der Waals surface area contributed by atoms with E-state index in [1.807, 2.05) is 5.32 Å². The number of likely N-dealkylation sites (N-methyl/N-ethyl adjacent to an activating group) is 1. The highest BCUT2D eigenvalue weighted by atomic mass is 32.2. The molecule has 0 aliphatic carbocycles. The maximum atomic E-state index is 12.8. The van der Waals surface area contributed by atoms with Crippen LogP contribution in [-0.4, -0.2) is 32.2 Å². The minimum absolute atomic E-state index is 0.0683. The molecule has 5 nitrogen and oxygen atoms in total. The maximum Gasteiger partial charge on any atom is 0.416 e. The highest BCUT2D eigenvalue weighted by Gasteiger charge is 2.37. The van der Waals surface area contributed by atoms with E-state index in [0.717, 1.165) is 18.4 Å². The van der Waals surface area contributed by atoms with Crippen LogP contribution in [0.2, 0.25) is 0 Å². The number of thiophene rings is 1. The molecule has 1 N–H and O–H groups in total. The lowest BCUT2D eigenvalue weighted by atomic mass is 10.1. The number of amides is 1. The van der Waals surface area contributed by atoms with Gasteiger partial charge in [-0.05, 0) is 29.6 Å². The molecule has 28 heavy (non-hydrogen) atoms. The first kappa shape index (κ1) is 22.2. The molecule has 2 rings (SSSR count). The highest BCUT2D eigenvalue weighted by molar-refractivity contribution is 7.91. The number of anilines is 1. The van der Waals surface area contributed by atoms with Crippen molar-refractivity contribution in [2.24, 2.45) is 0 Å². The smallest absolute Gasteiger partial charge is 0.325 e. The Kier molecular flexibility index (Phi) is 6.11. The molecule has 2 aromatic rings. The number of hydrogen-bond acceptors (Lipinski definition) is 4. The van der Waals surface area contributed by atoms with Crippen molar-refractivity contribution in [2.45, 2.75) is 16.6 Å². The number of halogens is 6. The molecule has 1 aromatic heterocycles. The standard InChI is InChI=1S/C15H12F6N2O3S2/c1-23(28(25,26)13-3-2-4-27-13)8-12(24)22-11-6-9(14(16,17)18)5-10(7-11)15(19,20)21/h2-7H,8H2,1H3,(H,22,24). The first-order valence-electron chi connectivity index (χ1n) is 7.30. The Bertz CT molecular complexity index is 921. The Labute approximate surface area is 159 Å². The summed E-state index contributed by atoms with van der Waals surface area (Å²) in [6.45, 7) is -0.808. The van der Waals surface area contributed by atoms with Gasteiger partial charge in [0, 0.05) is 12.7 Å². The van der Waals surface area contributed by atoms with Gasteiger partial charge >= 0.3 is 12.4 Å². The molecule has 0 aliphatic rings. The molecule has 0 saturated heterocycles. The third-order valence-corrected chi connectivity index (χ3v) is 6.57. The predicted octanol–water partition coefficient (Wildman–Crippen LogP) is 4.04. The van der Waals surface area contributed by atoms with Crippen molar-refractivity contribution in [3.05, 3.63) is 46.8 Å². The number of nitrogens with zero attached hydrogens (tertiary/aromatic N) is 1. The molecule has 154 valence electrons. The predicted molar refractivity (Wildman–Crippen MR) is 89.2 cm³/mol. The molecule has 1 heterocycles. The van der Waals surface area contributed by atoms with Crippen molar-refractivity contribution < 1.29 is 39.6 Å². The van der Waals surface area contributed by atoms with Crippen LogP contribution in [-0.2, 0) is 27.2 Å². The number of alkyl halides is 6. The topological polar surface area (TPSA) is 66.5 Å². The molecule has 0 spiro atoms. The van der Waals surface area contributed by atoms with Crippen LogP contribution in [0, 0.1) is 0 Å². The van der Waals surface area contributed by atoms with Crippen LogP contribution >= 0.6 is 11.3 Å². The summed E-state index contributed by atoms with van der Waals surface area (Å²) in [7, 11) is -2.96. The zero-order chi connectivity index (χ0) is 21.3. The fourth-order valence-electron chi connectivity index (χ4n) is 2.08. The van der Waals surface area contributed by atoms with Crippen molar-refractivity contribution in [1.82, 2.24) is 4.31 Å². The van der Waals surface area contributed by atoms with Crippen LogP contribution < -0.4 is 5.32 Å². The summed E-state index contributed by atoms with van der Waals surface area (Å²) >= 11 is 0.887. The van der Waals surface area contributed by atoms with Crippen molar-refractivity contribution in [1.29, 1.82) is 0 Å². The summed E-state index contributed by atoms with van der Waals surface area (Å²) in [4.78, 5) is 12.0. The number of nitrogens with one attached hydrogen (secondary N) is 1. The lowest BCUT2D eigenvalue weighted by molar-refractivity contribution is -0.143. The molecular formula is C15H12F6N2O3S2. The molecule has 0 saturated carbocycles. The van der Waals surface area contributed by atoms with Crippen LogP contribution in [0.3, 0.4) is 0 Å². The molecule has 0 aliphatic heterocycles. The van der Waals surface area contributed by atoms with Crippen LogP contribution in [0.1, 0.15) is 11.1 Å². The van der Waals surface area contributed by atoms with E-state index in [0.29, 0.717) is 16.4 Å². The number of sulfonamides is 1. The van der Waals surface area contributed by atoms with E-state index < -0.39 is 51.6 Å². The second-order valence-corrected chi connectivity index (χ2v) is 8.76. The molecule has 0 radical (unpaired) electrons. The van der Waals surface area contributed by atoms with Gasteiger partial charge in [-0.25, -0.2) is 8.42 Å². The quantitative estimate of drug-likeness (QED) is 0.705. The highest BCUT2D eigenvalue weighted by Crippen LogP contribution is 2.37. The van der Waals surface area contributed by atoms with Gasteiger partial charge in [0.05, 0.1) is 17.7 Å². The largest absolute Gasteiger partial charge is 0.416 e. The second kappa shape index (κ2) is 7.72. The van der Waals surface area contributed by atoms with Crippen molar-refractivity contribution in [3.63, 3.8) is 0 Å². The van der Waals surface area contributed by atoms with Gasteiger partial charge in [-0.2, -0.15) is 30.6 Å². The van der Waals surface area contributed by atoms with Gasteiger partial charge < -0.3 is 5.32 Å². The third-order valence-electron chi connectivity index (χ3n) is 3.40. The van der Waals surface area contributed by atoms with E-state index in [1.165, 1.54) is 17.5 Å². The summed E-state index contributed by atoms with van der Waals surface area (Å²) in [6.07, 6.45) is -10.1. The number of carbonyl (C=O) groups excluding carboxylic acids is 1. The van der Waals surface area contributed by atoms with Gasteiger partial charge in [0.25, 0.3) is 10.0 Å². The average molecular weight is 446 g/mol. The third kappa shape index (κ3) is 5.23. The van der Waals surface area contributed by atoms with Crippen LogP contribution in [0.5, 0.6) is 0 Å². The Balaban J connectivity index is 2.24. The number of hydrogen-bond donors (Lipinski definition) is 1. The molecule has 13 heteroatoms. The summed E-state index contributed by atoms with van der Waals surface area (Å²) in [6, 6.07) is 3.34. The molecule has 0 bridgehead atoms. The van der Waals surface area contributed by atoms with Crippen molar-refractivity contribution in [3.8, 4) is 0 Å². The zero-order valence-corrected chi connectivity index (χ0v) is 15.6. The van der Waals surface area contributed by atoms with Gasteiger partial charge in [-0.3, -0.25) is 4.79 Å². The molecule has 0 atom stereocenters. The van der Waals surface area contributed by atoms with Gasteiger partial charge in [0.2, 0.25) is 5.91 Å². The fraction of sp³-hybridized carbons (Fsp3) is 0.267. The Morgan fingerprint density at radius 2 is 1.61 bits per heavy atom. The average Bonchev–Trinajstić information content (AvgIpc) is 3.07. The fourth-order valence-corrected chi connectivity index (χ4v) is 4.41. The van der Waals surface area contributed by atoms with Gasteiger partial charge in [0.1, 0.15) is 4.21 Å². The van der Waals surface area contributed by atoms with Crippen LogP contribution in [0.15, 0.2) is 39.9 Å². The SMILES string of the molecule is CN(CC(=O)Nc1cc(C(F)(F)F)cc(C(F)(F)F)c1)S(=O)(=O)c1cccs1. The molecule has 0 unspecified atom stereocenters. The lowest BCUT2D eigenvalue weighted by Crippen LogP contribution is -2.34. The van der Waals surface area contributed by atoms with Crippen LogP contribution in [0.25, 0.3) is 0 Å². The Hall–Kier alpha value is -2.12. The summed E-state index contributed by atoms with van der Waals surface area (Å²) in [5.74, 6) is -1.10. The molecular weight excluding hydrogens is 434 g/mol. The van der Waals surface area contributed by atoms with Crippen LogP contribution in [0.4, 0.5) is 32.0 Å². The van der Waals surface area contributed by atoms with Gasteiger partial charge in [-0.1, -0.05) is 6.07 Å². The molecule has 0 fully saturated rings. The Morgan fingerprint density at radius 1 is 1.07 bits per heavy atom. The minimum atomic E-state index is -5.07. The maximum absolute atomic E-state index is 12.8. The van der Waals surface area contributed by atoms with Gasteiger partial charge in [-0.15, -0.1) is 11.3 Å². The number of benzene rings is 1. The number of carbonyl (C=O) groups is 1.